The first kappa shape index (κ1) is 18.7. The Hall–Kier alpha value is -3.12. The first-order valence-electron chi connectivity index (χ1n) is 8.46. The number of aromatic nitrogens is 2. The summed E-state index contributed by atoms with van der Waals surface area (Å²) in [6.45, 7) is 4.29. The van der Waals surface area contributed by atoms with Crippen molar-refractivity contribution in [3.05, 3.63) is 70.9 Å². The Balaban J connectivity index is 1.73. The van der Waals surface area contributed by atoms with Crippen molar-refractivity contribution >= 4 is 23.2 Å². The summed E-state index contributed by atoms with van der Waals surface area (Å²) in [5.74, 6) is 0.366. The summed E-state index contributed by atoms with van der Waals surface area (Å²) in [4.78, 5) is 12.3. The molecular weight excluding hydrogens is 364 g/mol. The number of halogens is 1. The molecule has 0 aliphatic heterocycles. The predicted octanol–water partition coefficient (Wildman–Crippen LogP) is 4.28. The Morgan fingerprint density at radius 2 is 2.04 bits per heavy atom. The number of H-pyrrole nitrogens is 1. The van der Waals surface area contributed by atoms with Crippen LogP contribution in [0, 0.1) is 0 Å². The summed E-state index contributed by atoms with van der Waals surface area (Å²) in [7, 11) is 0. The molecule has 0 aliphatic carbocycles. The number of carbonyl (C=O) groups is 1. The molecule has 138 valence electrons. The lowest BCUT2D eigenvalue weighted by Gasteiger charge is -2.04. The second-order valence-electron chi connectivity index (χ2n) is 5.75. The van der Waals surface area contributed by atoms with Crippen LogP contribution in [0.25, 0.3) is 11.3 Å². The van der Waals surface area contributed by atoms with Gasteiger partial charge in [-0.05, 0) is 38.1 Å². The highest BCUT2D eigenvalue weighted by atomic mass is 35.5. The average Bonchev–Trinajstić information content (AvgIpc) is 3.17. The quantitative estimate of drug-likeness (QED) is 0.493. The zero-order valence-corrected chi connectivity index (χ0v) is 15.7. The molecule has 0 bridgehead atoms. The van der Waals surface area contributed by atoms with Gasteiger partial charge in [-0.25, -0.2) is 5.43 Å². The van der Waals surface area contributed by atoms with Crippen LogP contribution < -0.4 is 10.2 Å². The fraction of sp³-hybridized carbons (Fsp3) is 0.150. The molecule has 1 amide bonds. The van der Waals surface area contributed by atoms with Crippen molar-refractivity contribution in [1.82, 2.24) is 15.6 Å². The number of nitrogens with one attached hydrogen (secondary N) is 2. The van der Waals surface area contributed by atoms with Crippen LogP contribution in [-0.2, 0) is 0 Å². The molecule has 3 rings (SSSR count). The Kier molecular flexibility index (Phi) is 5.88. The van der Waals surface area contributed by atoms with E-state index in [0.29, 0.717) is 28.7 Å². The molecule has 2 N–H and O–H groups in total. The third kappa shape index (κ3) is 4.54. The van der Waals surface area contributed by atoms with Gasteiger partial charge in [0.1, 0.15) is 11.4 Å². The van der Waals surface area contributed by atoms with Crippen LogP contribution in [0.5, 0.6) is 5.75 Å². The number of ether oxygens (including phenoxy) is 1. The molecule has 2 aromatic carbocycles. The molecule has 0 saturated carbocycles. The summed E-state index contributed by atoms with van der Waals surface area (Å²) in [5.41, 5.74) is 5.69. The predicted molar refractivity (Wildman–Crippen MR) is 106 cm³/mol. The zero-order valence-electron chi connectivity index (χ0n) is 15.0. The van der Waals surface area contributed by atoms with Gasteiger partial charge < -0.3 is 4.74 Å². The second kappa shape index (κ2) is 8.51. The Bertz CT molecular complexity index is 981. The Labute approximate surface area is 162 Å². The van der Waals surface area contributed by atoms with Crippen LogP contribution in [0.4, 0.5) is 0 Å². The lowest BCUT2D eigenvalue weighted by Crippen LogP contribution is -2.19. The normalized spacial score (nSPS) is 11.3. The summed E-state index contributed by atoms with van der Waals surface area (Å²) < 4.78 is 5.49. The van der Waals surface area contributed by atoms with Crippen molar-refractivity contribution in [2.75, 3.05) is 6.61 Å². The van der Waals surface area contributed by atoms with E-state index >= 15 is 0 Å². The highest BCUT2D eigenvalue weighted by Crippen LogP contribution is 2.23. The van der Waals surface area contributed by atoms with E-state index in [2.05, 4.69) is 20.7 Å². The highest BCUT2D eigenvalue weighted by molar-refractivity contribution is 6.34. The SMILES string of the molecule is CCOc1cccc(-c2cc(C(=O)N/N=C(/C)c3ccccc3Cl)[nH]n2)c1. The average molecular weight is 383 g/mol. The summed E-state index contributed by atoms with van der Waals surface area (Å²) in [6.07, 6.45) is 0. The van der Waals surface area contributed by atoms with Crippen molar-refractivity contribution in [3.8, 4) is 17.0 Å². The standard InChI is InChI=1S/C20H19ClN4O2/c1-3-27-15-8-6-7-14(11-15)18-12-19(24-23-18)20(26)25-22-13(2)16-9-4-5-10-17(16)21/h4-12H,3H2,1-2H3,(H,23,24)(H,25,26)/b22-13-. The van der Waals surface area contributed by atoms with Crippen LogP contribution in [0.15, 0.2) is 59.7 Å². The number of amides is 1. The smallest absolute Gasteiger partial charge is 0.289 e. The van der Waals surface area contributed by atoms with Crippen LogP contribution in [-0.4, -0.2) is 28.4 Å². The van der Waals surface area contributed by atoms with E-state index < -0.39 is 0 Å². The third-order valence-corrected chi connectivity index (χ3v) is 4.18. The molecule has 0 aliphatic rings. The molecule has 27 heavy (non-hydrogen) atoms. The zero-order chi connectivity index (χ0) is 19.2. The summed E-state index contributed by atoms with van der Waals surface area (Å²) in [6, 6.07) is 16.5. The van der Waals surface area contributed by atoms with Crippen LogP contribution in [0.2, 0.25) is 5.02 Å². The molecule has 0 unspecified atom stereocenters. The van der Waals surface area contributed by atoms with Gasteiger partial charge >= 0.3 is 0 Å². The van der Waals surface area contributed by atoms with E-state index in [1.165, 1.54) is 0 Å². The Morgan fingerprint density at radius 3 is 2.81 bits per heavy atom. The molecule has 0 atom stereocenters. The minimum Gasteiger partial charge on any atom is -0.494 e. The fourth-order valence-corrected chi connectivity index (χ4v) is 2.78. The van der Waals surface area contributed by atoms with Crippen molar-refractivity contribution in [3.63, 3.8) is 0 Å². The lowest BCUT2D eigenvalue weighted by atomic mass is 10.1. The molecule has 6 nitrogen and oxygen atoms in total. The van der Waals surface area contributed by atoms with Crippen molar-refractivity contribution < 1.29 is 9.53 Å². The Morgan fingerprint density at radius 1 is 1.22 bits per heavy atom. The topological polar surface area (TPSA) is 79.4 Å². The van der Waals surface area contributed by atoms with Gasteiger partial charge in [0.2, 0.25) is 0 Å². The maximum absolute atomic E-state index is 12.3. The van der Waals surface area contributed by atoms with Gasteiger partial charge in [-0.2, -0.15) is 10.2 Å². The number of hydrogen-bond donors (Lipinski definition) is 2. The molecule has 7 heteroatoms. The van der Waals surface area contributed by atoms with Gasteiger partial charge in [-0.3, -0.25) is 9.89 Å². The highest BCUT2D eigenvalue weighted by Gasteiger charge is 2.12. The summed E-state index contributed by atoms with van der Waals surface area (Å²) >= 11 is 6.14. The van der Waals surface area contributed by atoms with E-state index in [1.807, 2.05) is 49.4 Å². The number of aromatic amines is 1. The maximum atomic E-state index is 12.3. The first-order valence-corrected chi connectivity index (χ1v) is 8.84. The molecule has 0 radical (unpaired) electrons. The molecular formula is C20H19ClN4O2. The monoisotopic (exact) mass is 382 g/mol. The van der Waals surface area contributed by atoms with E-state index in [9.17, 15) is 4.79 Å². The van der Waals surface area contributed by atoms with Crippen molar-refractivity contribution in [1.29, 1.82) is 0 Å². The van der Waals surface area contributed by atoms with Crippen LogP contribution in [0.3, 0.4) is 0 Å². The number of carbonyl (C=O) groups excluding carboxylic acids is 1. The number of hydrogen-bond acceptors (Lipinski definition) is 4. The van der Waals surface area contributed by atoms with Gasteiger partial charge in [0.15, 0.2) is 0 Å². The lowest BCUT2D eigenvalue weighted by molar-refractivity contribution is 0.0950. The number of hydrazone groups is 1. The number of nitrogens with zero attached hydrogens (tertiary/aromatic N) is 2. The molecule has 1 heterocycles. The van der Waals surface area contributed by atoms with Gasteiger partial charge in [0.25, 0.3) is 5.91 Å². The summed E-state index contributed by atoms with van der Waals surface area (Å²) in [5, 5.41) is 11.6. The largest absolute Gasteiger partial charge is 0.494 e. The van der Waals surface area contributed by atoms with Crippen LogP contribution >= 0.6 is 11.6 Å². The van der Waals surface area contributed by atoms with E-state index in [-0.39, 0.29) is 5.91 Å². The van der Waals surface area contributed by atoms with Crippen molar-refractivity contribution in [2.24, 2.45) is 5.10 Å². The fourth-order valence-electron chi connectivity index (χ4n) is 2.51. The number of benzene rings is 2. The maximum Gasteiger partial charge on any atom is 0.289 e. The minimum atomic E-state index is -0.388. The third-order valence-electron chi connectivity index (χ3n) is 3.85. The van der Waals surface area contributed by atoms with Crippen molar-refractivity contribution in [2.45, 2.75) is 13.8 Å². The van der Waals surface area contributed by atoms with Gasteiger partial charge in [-0.15, -0.1) is 0 Å². The van der Waals surface area contributed by atoms with E-state index in [0.717, 1.165) is 16.9 Å². The first-order chi connectivity index (χ1) is 13.1. The molecule has 1 aromatic heterocycles. The molecule has 0 spiro atoms. The van der Waals surface area contributed by atoms with Gasteiger partial charge in [0, 0.05) is 16.1 Å². The molecule has 0 saturated heterocycles. The van der Waals surface area contributed by atoms with E-state index in [4.69, 9.17) is 16.3 Å². The van der Waals surface area contributed by atoms with Gasteiger partial charge in [-0.1, -0.05) is 41.9 Å². The number of rotatable bonds is 6. The second-order valence-corrected chi connectivity index (χ2v) is 6.15. The molecule has 0 fully saturated rings. The van der Waals surface area contributed by atoms with Gasteiger partial charge in [0.05, 0.1) is 18.0 Å². The molecule has 3 aromatic rings. The van der Waals surface area contributed by atoms with Crippen LogP contribution in [0.1, 0.15) is 29.9 Å². The van der Waals surface area contributed by atoms with E-state index in [1.54, 1.807) is 19.1 Å². The minimum absolute atomic E-state index is 0.308.